The number of aromatic carboxylic acids is 1. The molecule has 0 saturated carbocycles. The molecule has 0 aliphatic rings. The number of carboxylic acid groups (broad SMARTS) is 1. The first-order valence-corrected chi connectivity index (χ1v) is 4.30. The van der Waals surface area contributed by atoms with Gasteiger partial charge in [0.25, 0.3) is 0 Å². The number of benzene rings is 1. The van der Waals surface area contributed by atoms with Crippen LogP contribution in [-0.2, 0) is 0 Å². The molecule has 70 valence electrons. The minimum absolute atomic E-state index is 0.125. The highest BCUT2D eigenvalue weighted by molar-refractivity contribution is 6.36. The molecule has 0 atom stereocenters. The maximum Gasteiger partial charge on any atom is 0.337 e. The van der Waals surface area contributed by atoms with Gasteiger partial charge in [-0.05, 0) is 19.1 Å². The molecule has 1 aromatic carbocycles. The van der Waals surface area contributed by atoms with E-state index in [1.54, 1.807) is 12.1 Å². The molecule has 4 heteroatoms. The summed E-state index contributed by atoms with van der Waals surface area (Å²) in [7, 11) is 0. The van der Waals surface area contributed by atoms with Crippen LogP contribution in [0.5, 0.6) is 0 Å². The summed E-state index contributed by atoms with van der Waals surface area (Å²) in [6.45, 7) is 2.63. The third kappa shape index (κ3) is 2.12. The Morgan fingerprint density at radius 2 is 2.31 bits per heavy atom. The summed E-state index contributed by atoms with van der Waals surface area (Å²) >= 11 is 5.84. The molecule has 0 fully saturated rings. The van der Waals surface area contributed by atoms with E-state index in [9.17, 15) is 4.79 Å². The van der Waals surface area contributed by atoms with Gasteiger partial charge in [-0.2, -0.15) is 0 Å². The molecule has 0 heterocycles. The Morgan fingerprint density at radius 1 is 1.62 bits per heavy atom. The molecule has 0 unspecified atom stereocenters. The number of carboxylic acids is 1. The SMILES string of the molecule is CCNc1cccc(C(=O)O)c1Cl. The molecular formula is C9H10ClNO2. The van der Waals surface area contributed by atoms with Crippen molar-refractivity contribution in [2.24, 2.45) is 0 Å². The van der Waals surface area contributed by atoms with Gasteiger partial charge in [0.05, 0.1) is 16.3 Å². The van der Waals surface area contributed by atoms with Gasteiger partial charge in [-0.25, -0.2) is 4.79 Å². The van der Waals surface area contributed by atoms with E-state index in [2.05, 4.69) is 5.32 Å². The lowest BCUT2D eigenvalue weighted by Gasteiger charge is -2.07. The first kappa shape index (κ1) is 9.86. The molecule has 0 radical (unpaired) electrons. The van der Waals surface area contributed by atoms with E-state index < -0.39 is 5.97 Å². The zero-order valence-electron chi connectivity index (χ0n) is 7.17. The standard InChI is InChI=1S/C9H10ClNO2/c1-2-11-7-5-3-4-6(8(7)10)9(12)13/h3-5,11H,2H2,1H3,(H,12,13). The highest BCUT2D eigenvalue weighted by atomic mass is 35.5. The number of anilines is 1. The highest BCUT2D eigenvalue weighted by Crippen LogP contribution is 2.25. The minimum Gasteiger partial charge on any atom is -0.478 e. The fourth-order valence-electron chi connectivity index (χ4n) is 1.02. The van der Waals surface area contributed by atoms with Gasteiger partial charge in [-0.3, -0.25) is 0 Å². The second-order valence-electron chi connectivity index (χ2n) is 2.50. The Kier molecular flexibility index (Phi) is 3.14. The van der Waals surface area contributed by atoms with Crippen LogP contribution in [0, 0.1) is 0 Å². The normalized spacial score (nSPS) is 9.69. The third-order valence-electron chi connectivity index (χ3n) is 1.60. The predicted molar refractivity (Wildman–Crippen MR) is 52.6 cm³/mol. The van der Waals surface area contributed by atoms with Crippen LogP contribution in [0.3, 0.4) is 0 Å². The number of rotatable bonds is 3. The van der Waals surface area contributed by atoms with E-state index in [1.807, 2.05) is 6.92 Å². The van der Waals surface area contributed by atoms with Crippen molar-refractivity contribution in [3.8, 4) is 0 Å². The molecule has 2 N–H and O–H groups in total. The van der Waals surface area contributed by atoms with Gasteiger partial charge in [0.15, 0.2) is 0 Å². The molecule has 0 amide bonds. The van der Waals surface area contributed by atoms with Crippen molar-refractivity contribution >= 4 is 23.3 Å². The second kappa shape index (κ2) is 4.14. The van der Waals surface area contributed by atoms with Gasteiger partial charge in [0, 0.05) is 6.54 Å². The Bertz CT molecular complexity index is 325. The van der Waals surface area contributed by atoms with Gasteiger partial charge in [0.2, 0.25) is 0 Å². The summed E-state index contributed by atoms with van der Waals surface area (Å²) in [6.07, 6.45) is 0. The van der Waals surface area contributed by atoms with Gasteiger partial charge in [-0.15, -0.1) is 0 Å². The van der Waals surface area contributed by atoms with Crippen molar-refractivity contribution in [2.45, 2.75) is 6.92 Å². The van der Waals surface area contributed by atoms with E-state index >= 15 is 0 Å². The average molecular weight is 200 g/mol. The van der Waals surface area contributed by atoms with Crippen LogP contribution in [0.2, 0.25) is 5.02 Å². The minimum atomic E-state index is -1.01. The molecule has 1 rings (SSSR count). The van der Waals surface area contributed by atoms with Crippen molar-refractivity contribution in [1.82, 2.24) is 0 Å². The fraction of sp³-hybridized carbons (Fsp3) is 0.222. The van der Waals surface area contributed by atoms with Gasteiger partial charge in [0.1, 0.15) is 0 Å². The van der Waals surface area contributed by atoms with Crippen LogP contribution in [0.1, 0.15) is 17.3 Å². The van der Waals surface area contributed by atoms with Crippen LogP contribution >= 0.6 is 11.6 Å². The van der Waals surface area contributed by atoms with Crippen molar-refractivity contribution in [1.29, 1.82) is 0 Å². The highest BCUT2D eigenvalue weighted by Gasteiger charge is 2.10. The molecular weight excluding hydrogens is 190 g/mol. The maximum atomic E-state index is 10.7. The largest absolute Gasteiger partial charge is 0.478 e. The van der Waals surface area contributed by atoms with Crippen LogP contribution in [0.25, 0.3) is 0 Å². The summed E-state index contributed by atoms with van der Waals surface area (Å²) in [6, 6.07) is 4.89. The van der Waals surface area contributed by atoms with E-state index in [-0.39, 0.29) is 10.6 Å². The molecule has 0 aliphatic heterocycles. The van der Waals surface area contributed by atoms with Crippen LogP contribution in [0.15, 0.2) is 18.2 Å². The number of carbonyl (C=O) groups is 1. The molecule has 0 spiro atoms. The monoisotopic (exact) mass is 199 g/mol. The fourth-order valence-corrected chi connectivity index (χ4v) is 1.30. The molecule has 0 aromatic heterocycles. The smallest absolute Gasteiger partial charge is 0.337 e. The number of nitrogens with one attached hydrogen (secondary N) is 1. The Morgan fingerprint density at radius 3 is 2.85 bits per heavy atom. The Labute approximate surface area is 81.3 Å². The molecule has 0 bridgehead atoms. The van der Waals surface area contributed by atoms with Gasteiger partial charge < -0.3 is 10.4 Å². The average Bonchev–Trinajstić information content (AvgIpc) is 2.08. The van der Waals surface area contributed by atoms with E-state index in [4.69, 9.17) is 16.7 Å². The lowest BCUT2D eigenvalue weighted by atomic mass is 10.2. The van der Waals surface area contributed by atoms with E-state index in [1.165, 1.54) is 6.07 Å². The molecule has 3 nitrogen and oxygen atoms in total. The van der Waals surface area contributed by atoms with Crippen molar-refractivity contribution in [3.63, 3.8) is 0 Å². The molecule has 13 heavy (non-hydrogen) atoms. The number of hydrogen-bond acceptors (Lipinski definition) is 2. The Hall–Kier alpha value is -1.22. The summed E-state index contributed by atoms with van der Waals surface area (Å²) in [5.74, 6) is -1.01. The second-order valence-corrected chi connectivity index (χ2v) is 2.88. The van der Waals surface area contributed by atoms with E-state index in [0.29, 0.717) is 12.2 Å². The van der Waals surface area contributed by atoms with Crippen molar-refractivity contribution < 1.29 is 9.90 Å². The number of halogens is 1. The lowest BCUT2D eigenvalue weighted by molar-refractivity contribution is 0.0697. The topological polar surface area (TPSA) is 49.3 Å². The zero-order chi connectivity index (χ0) is 9.84. The summed E-state index contributed by atoms with van der Waals surface area (Å²) in [5.41, 5.74) is 0.782. The van der Waals surface area contributed by atoms with Crippen LogP contribution < -0.4 is 5.32 Å². The zero-order valence-corrected chi connectivity index (χ0v) is 7.93. The Balaban J connectivity index is 3.10. The number of hydrogen-bond donors (Lipinski definition) is 2. The molecule has 0 saturated heterocycles. The third-order valence-corrected chi connectivity index (χ3v) is 2.00. The summed E-state index contributed by atoms with van der Waals surface area (Å²) in [5, 5.41) is 12.0. The van der Waals surface area contributed by atoms with Crippen molar-refractivity contribution in [2.75, 3.05) is 11.9 Å². The lowest BCUT2D eigenvalue weighted by Crippen LogP contribution is -2.02. The summed E-state index contributed by atoms with van der Waals surface area (Å²) in [4.78, 5) is 10.7. The molecule has 1 aromatic rings. The first-order chi connectivity index (χ1) is 6.16. The maximum absolute atomic E-state index is 10.7. The van der Waals surface area contributed by atoms with E-state index in [0.717, 1.165) is 0 Å². The van der Waals surface area contributed by atoms with Gasteiger partial charge >= 0.3 is 5.97 Å². The predicted octanol–water partition coefficient (Wildman–Crippen LogP) is 2.47. The van der Waals surface area contributed by atoms with Crippen molar-refractivity contribution in [3.05, 3.63) is 28.8 Å². The van der Waals surface area contributed by atoms with Crippen LogP contribution in [-0.4, -0.2) is 17.6 Å². The first-order valence-electron chi connectivity index (χ1n) is 3.92. The van der Waals surface area contributed by atoms with Gasteiger partial charge in [-0.1, -0.05) is 17.7 Å². The quantitative estimate of drug-likeness (QED) is 0.786. The summed E-state index contributed by atoms with van der Waals surface area (Å²) < 4.78 is 0. The van der Waals surface area contributed by atoms with Crippen LogP contribution in [0.4, 0.5) is 5.69 Å². The molecule has 0 aliphatic carbocycles.